The van der Waals surface area contributed by atoms with Gasteiger partial charge in [-0.3, -0.25) is 14.5 Å². The Bertz CT molecular complexity index is 1130. The molecule has 2 aliphatic heterocycles. The highest BCUT2D eigenvalue weighted by atomic mass is 32.2. The Morgan fingerprint density at radius 2 is 1.91 bits per heavy atom. The first-order valence-corrected chi connectivity index (χ1v) is 11.8. The van der Waals surface area contributed by atoms with E-state index in [4.69, 9.17) is 9.47 Å². The number of benzene rings is 2. The molecule has 2 aromatic rings. The summed E-state index contributed by atoms with van der Waals surface area (Å²) in [5.74, 6) is 0.213. The standard InChI is InChI=1S/C22H25N3O6S/c1-30-19-7-3-2-6-16(19)13-23-21(26)14-25-18-12-17(8-9-20(18)31-15-22(25)27)32(28,29)24-10-4-5-11-24/h2-3,6-9,12H,4-5,10-11,13-15H2,1H3,(H,23,26). The van der Waals surface area contributed by atoms with E-state index in [-0.39, 0.29) is 36.2 Å². The van der Waals surface area contributed by atoms with Crippen LogP contribution in [0.2, 0.25) is 0 Å². The summed E-state index contributed by atoms with van der Waals surface area (Å²) in [5, 5.41) is 2.78. The van der Waals surface area contributed by atoms with E-state index in [2.05, 4.69) is 5.32 Å². The summed E-state index contributed by atoms with van der Waals surface area (Å²) in [4.78, 5) is 26.5. The van der Waals surface area contributed by atoms with Gasteiger partial charge in [-0.2, -0.15) is 4.31 Å². The molecule has 1 fully saturated rings. The molecule has 10 heteroatoms. The number of carbonyl (C=O) groups is 2. The number of fused-ring (bicyclic) bond motifs is 1. The molecule has 0 radical (unpaired) electrons. The van der Waals surface area contributed by atoms with Gasteiger partial charge in [-0.05, 0) is 37.1 Å². The van der Waals surface area contributed by atoms with Gasteiger partial charge < -0.3 is 14.8 Å². The van der Waals surface area contributed by atoms with Crippen molar-refractivity contribution >= 4 is 27.5 Å². The second-order valence-corrected chi connectivity index (χ2v) is 9.54. The lowest BCUT2D eigenvalue weighted by molar-refractivity contribution is -0.125. The zero-order valence-corrected chi connectivity index (χ0v) is 18.6. The van der Waals surface area contributed by atoms with E-state index in [0.29, 0.717) is 24.6 Å². The Hall–Kier alpha value is -3.11. The fourth-order valence-corrected chi connectivity index (χ4v) is 5.37. The van der Waals surface area contributed by atoms with Crippen molar-refractivity contribution in [2.24, 2.45) is 0 Å². The minimum Gasteiger partial charge on any atom is -0.496 e. The monoisotopic (exact) mass is 459 g/mol. The summed E-state index contributed by atoms with van der Waals surface area (Å²) in [5.41, 5.74) is 1.07. The maximum Gasteiger partial charge on any atom is 0.265 e. The van der Waals surface area contributed by atoms with Crippen LogP contribution in [0.4, 0.5) is 5.69 Å². The van der Waals surface area contributed by atoms with Gasteiger partial charge in [0.05, 0.1) is 17.7 Å². The minimum atomic E-state index is -3.67. The fraction of sp³-hybridized carbons (Fsp3) is 0.364. The van der Waals surface area contributed by atoms with Crippen LogP contribution in [-0.4, -0.2) is 57.9 Å². The molecular formula is C22H25N3O6S. The molecule has 2 aliphatic rings. The number of carbonyl (C=O) groups excluding carboxylic acids is 2. The number of ether oxygens (including phenoxy) is 2. The first-order valence-electron chi connectivity index (χ1n) is 10.4. The molecule has 32 heavy (non-hydrogen) atoms. The highest BCUT2D eigenvalue weighted by Crippen LogP contribution is 2.35. The van der Waals surface area contributed by atoms with Crippen molar-refractivity contribution in [1.82, 2.24) is 9.62 Å². The van der Waals surface area contributed by atoms with Crippen molar-refractivity contribution in [2.75, 3.05) is 38.3 Å². The van der Waals surface area contributed by atoms with Crippen LogP contribution in [0, 0.1) is 0 Å². The molecule has 0 atom stereocenters. The highest BCUT2D eigenvalue weighted by molar-refractivity contribution is 7.89. The largest absolute Gasteiger partial charge is 0.496 e. The van der Waals surface area contributed by atoms with Gasteiger partial charge >= 0.3 is 0 Å². The van der Waals surface area contributed by atoms with Crippen LogP contribution in [0.25, 0.3) is 0 Å². The van der Waals surface area contributed by atoms with E-state index in [1.807, 2.05) is 18.2 Å². The van der Waals surface area contributed by atoms with Crippen LogP contribution in [0.5, 0.6) is 11.5 Å². The molecule has 1 N–H and O–H groups in total. The molecule has 0 aliphatic carbocycles. The topological polar surface area (TPSA) is 105 Å². The lowest BCUT2D eigenvalue weighted by Crippen LogP contribution is -2.45. The van der Waals surface area contributed by atoms with E-state index in [1.54, 1.807) is 13.2 Å². The van der Waals surface area contributed by atoms with E-state index in [0.717, 1.165) is 18.4 Å². The highest BCUT2D eigenvalue weighted by Gasteiger charge is 2.32. The maximum absolute atomic E-state index is 12.9. The summed E-state index contributed by atoms with van der Waals surface area (Å²) in [7, 11) is -2.12. The first kappa shape index (κ1) is 22.1. The second-order valence-electron chi connectivity index (χ2n) is 7.60. The van der Waals surface area contributed by atoms with Gasteiger partial charge in [0.1, 0.15) is 18.0 Å². The van der Waals surface area contributed by atoms with Gasteiger partial charge in [-0.1, -0.05) is 18.2 Å². The first-order chi connectivity index (χ1) is 15.4. The number of anilines is 1. The Balaban J connectivity index is 1.52. The molecule has 170 valence electrons. The van der Waals surface area contributed by atoms with Gasteiger partial charge in [0, 0.05) is 25.2 Å². The number of hydrogen-bond acceptors (Lipinski definition) is 6. The third-order valence-electron chi connectivity index (χ3n) is 5.55. The molecule has 2 heterocycles. The van der Waals surface area contributed by atoms with Crippen LogP contribution in [0.1, 0.15) is 18.4 Å². The quantitative estimate of drug-likeness (QED) is 0.673. The average Bonchev–Trinajstić information content (AvgIpc) is 3.35. The zero-order chi connectivity index (χ0) is 22.7. The van der Waals surface area contributed by atoms with Crippen molar-refractivity contribution in [3.8, 4) is 11.5 Å². The van der Waals surface area contributed by atoms with Crippen LogP contribution in [-0.2, 0) is 26.2 Å². The second kappa shape index (κ2) is 9.17. The molecule has 0 spiro atoms. The Labute approximate surface area is 187 Å². The van der Waals surface area contributed by atoms with Crippen LogP contribution < -0.4 is 19.7 Å². The predicted octanol–water partition coefficient (Wildman–Crippen LogP) is 1.52. The Morgan fingerprint density at radius 3 is 2.66 bits per heavy atom. The van der Waals surface area contributed by atoms with Crippen molar-refractivity contribution in [3.05, 3.63) is 48.0 Å². The molecule has 0 aromatic heterocycles. The van der Waals surface area contributed by atoms with Crippen molar-refractivity contribution in [1.29, 1.82) is 0 Å². The molecule has 0 unspecified atom stereocenters. The minimum absolute atomic E-state index is 0.0795. The molecule has 9 nitrogen and oxygen atoms in total. The number of rotatable bonds is 7. The average molecular weight is 460 g/mol. The number of methoxy groups -OCH3 is 1. The molecule has 2 aromatic carbocycles. The summed E-state index contributed by atoms with van der Waals surface area (Å²) >= 11 is 0. The van der Waals surface area contributed by atoms with Gasteiger partial charge in [0.2, 0.25) is 15.9 Å². The van der Waals surface area contributed by atoms with E-state index in [9.17, 15) is 18.0 Å². The van der Waals surface area contributed by atoms with Crippen LogP contribution >= 0.6 is 0 Å². The van der Waals surface area contributed by atoms with Crippen molar-refractivity contribution in [3.63, 3.8) is 0 Å². The molecule has 0 bridgehead atoms. The number of para-hydroxylation sites is 1. The number of nitrogens with one attached hydrogen (secondary N) is 1. The Morgan fingerprint density at radius 1 is 1.16 bits per heavy atom. The molecular weight excluding hydrogens is 434 g/mol. The summed E-state index contributed by atoms with van der Waals surface area (Å²) in [6.45, 7) is 0.716. The SMILES string of the molecule is COc1ccccc1CNC(=O)CN1C(=O)COc2ccc(S(=O)(=O)N3CCCC3)cc21. The van der Waals surface area contributed by atoms with E-state index < -0.39 is 15.9 Å². The smallest absolute Gasteiger partial charge is 0.265 e. The summed E-state index contributed by atoms with van der Waals surface area (Å²) in [6, 6.07) is 11.7. The predicted molar refractivity (Wildman–Crippen MR) is 117 cm³/mol. The lowest BCUT2D eigenvalue weighted by atomic mass is 10.2. The zero-order valence-electron chi connectivity index (χ0n) is 17.7. The lowest BCUT2D eigenvalue weighted by Gasteiger charge is -2.29. The molecule has 4 rings (SSSR count). The molecule has 1 saturated heterocycles. The van der Waals surface area contributed by atoms with Crippen molar-refractivity contribution in [2.45, 2.75) is 24.3 Å². The number of sulfonamides is 1. The third-order valence-corrected chi connectivity index (χ3v) is 7.44. The maximum atomic E-state index is 12.9. The van der Waals surface area contributed by atoms with Crippen molar-refractivity contribution < 1.29 is 27.5 Å². The van der Waals surface area contributed by atoms with Gasteiger partial charge in [-0.25, -0.2) is 8.42 Å². The third kappa shape index (κ3) is 4.42. The summed E-state index contributed by atoms with van der Waals surface area (Å²) in [6.07, 6.45) is 1.65. The summed E-state index contributed by atoms with van der Waals surface area (Å²) < 4.78 is 38.1. The van der Waals surface area contributed by atoms with Gasteiger partial charge in [-0.15, -0.1) is 0 Å². The van der Waals surface area contributed by atoms with E-state index >= 15 is 0 Å². The number of hydrogen-bond donors (Lipinski definition) is 1. The van der Waals surface area contributed by atoms with Gasteiger partial charge in [0.15, 0.2) is 6.61 Å². The normalized spacial score (nSPS) is 16.4. The molecule has 2 amide bonds. The van der Waals surface area contributed by atoms with Crippen LogP contribution in [0.3, 0.4) is 0 Å². The Kier molecular flexibility index (Phi) is 6.33. The van der Waals surface area contributed by atoms with E-state index in [1.165, 1.54) is 27.4 Å². The number of amides is 2. The molecule has 0 saturated carbocycles. The van der Waals surface area contributed by atoms with Crippen LogP contribution in [0.15, 0.2) is 47.4 Å². The number of nitrogens with zero attached hydrogens (tertiary/aromatic N) is 2. The van der Waals surface area contributed by atoms with Gasteiger partial charge in [0.25, 0.3) is 5.91 Å². The fourth-order valence-electron chi connectivity index (χ4n) is 3.84.